The SMILES string of the molecule is Oc1ccc2c(O)ccc([S+]3CCCC3)c2c1. The summed E-state index contributed by atoms with van der Waals surface area (Å²) in [5, 5.41) is 21.3. The van der Waals surface area contributed by atoms with E-state index in [2.05, 4.69) is 0 Å². The van der Waals surface area contributed by atoms with E-state index in [1.807, 2.05) is 6.07 Å². The van der Waals surface area contributed by atoms with Crippen molar-refractivity contribution >= 4 is 21.7 Å². The fraction of sp³-hybridized carbons (Fsp3) is 0.286. The van der Waals surface area contributed by atoms with Gasteiger partial charge in [0.15, 0.2) is 4.90 Å². The molecular formula is C14H15O2S+. The minimum Gasteiger partial charge on any atom is -0.508 e. The lowest BCUT2D eigenvalue weighted by molar-refractivity contribution is 0.475. The first-order chi connectivity index (χ1) is 8.25. The number of phenolic OH excluding ortho intramolecular Hbond substituents is 2. The monoisotopic (exact) mass is 247 g/mol. The largest absolute Gasteiger partial charge is 0.508 e. The predicted molar refractivity (Wildman–Crippen MR) is 71.9 cm³/mol. The molecule has 2 aromatic rings. The molecule has 1 aliphatic heterocycles. The Labute approximate surface area is 103 Å². The minimum absolute atomic E-state index is 0.271. The number of hydrogen-bond donors (Lipinski definition) is 2. The summed E-state index contributed by atoms with van der Waals surface area (Å²) in [5.41, 5.74) is 0. The van der Waals surface area contributed by atoms with Gasteiger partial charge in [0.2, 0.25) is 0 Å². The van der Waals surface area contributed by atoms with Crippen molar-refractivity contribution in [3.8, 4) is 11.5 Å². The molecule has 88 valence electrons. The Morgan fingerprint density at radius 2 is 1.65 bits per heavy atom. The van der Waals surface area contributed by atoms with Crippen molar-refractivity contribution in [2.24, 2.45) is 0 Å². The van der Waals surface area contributed by atoms with Gasteiger partial charge in [-0.05, 0) is 43.2 Å². The summed E-state index contributed by atoms with van der Waals surface area (Å²) in [7, 11) is 0.296. The molecule has 0 unspecified atom stereocenters. The molecule has 1 saturated heterocycles. The molecule has 0 aromatic heterocycles. The maximum absolute atomic E-state index is 9.85. The van der Waals surface area contributed by atoms with Crippen LogP contribution in [0, 0.1) is 0 Å². The molecule has 2 aromatic carbocycles. The third kappa shape index (κ3) is 1.84. The standard InChI is InChI=1S/C14H14O2S/c15-10-3-4-11-12(9-10)14(6-5-13(11)16)17-7-1-2-8-17/h3-6,9H,1-2,7-8H2,(H-,15,16)/p+1. The molecule has 0 amide bonds. The average Bonchev–Trinajstić information content (AvgIpc) is 2.83. The molecule has 0 saturated carbocycles. The quantitative estimate of drug-likeness (QED) is 0.760. The minimum atomic E-state index is 0.271. The molecular weight excluding hydrogens is 232 g/mol. The van der Waals surface area contributed by atoms with Crippen LogP contribution in [-0.4, -0.2) is 21.7 Å². The van der Waals surface area contributed by atoms with Crippen LogP contribution in [0.2, 0.25) is 0 Å². The predicted octanol–water partition coefficient (Wildman–Crippen LogP) is 3.02. The van der Waals surface area contributed by atoms with E-state index < -0.39 is 0 Å². The average molecular weight is 247 g/mol. The van der Waals surface area contributed by atoms with Crippen LogP contribution >= 0.6 is 0 Å². The van der Waals surface area contributed by atoms with Crippen LogP contribution in [0.25, 0.3) is 10.8 Å². The van der Waals surface area contributed by atoms with Crippen molar-refractivity contribution in [2.75, 3.05) is 11.5 Å². The van der Waals surface area contributed by atoms with Crippen LogP contribution in [0.3, 0.4) is 0 Å². The molecule has 0 aliphatic carbocycles. The van der Waals surface area contributed by atoms with Crippen LogP contribution in [-0.2, 0) is 10.9 Å². The molecule has 0 bridgehead atoms. The van der Waals surface area contributed by atoms with Gasteiger partial charge < -0.3 is 10.2 Å². The van der Waals surface area contributed by atoms with Crippen molar-refractivity contribution in [3.63, 3.8) is 0 Å². The Balaban J connectivity index is 2.23. The van der Waals surface area contributed by atoms with Crippen LogP contribution < -0.4 is 0 Å². The second-order valence-electron chi connectivity index (χ2n) is 4.42. The van der Waals surface area contributed by atoms with Crippen molar-refractivity contribution < 1.29 is 10.2 Å². The molecule has 1 heterocycles. The van der Waals surface area contributed by atoms with Gasteiger partial charge in [-0.3, -0.25) is 0 Å². The van der Waals surface area contributed by atoms with Crippen molar-refractivity contribution in [1.29, 1.82) is 0 Å². The molecule has 0 radical (unpaired) electrons. The van der Waals surface area contributed by atoms with Gasteiger partial charge in [-0.25, -0.2) is 0 Å². The van der Waals surface area contributed by atoms with E-state index in [-0.39, 0.29) is 5.75 Å². The Hall–Kier alpha value is -1.35. The summed E-state index contributed by atoms with van der Waals surface area (Å²) in [6.07, 6.45) is 2.59. The highest BCUT2D eigenvalue weighted by Gasteiger charge is 2.29. The molecule has 0 atom stereocenters. The van der Waals surface area contributed by atoms with E-state index in [0.29, 0.717) is 16.6 Å². The summed E-state index contributed by atoms with van der Waals surface area (Å²) >= 11 is 0. The lowest BCUT2D eigenvalue weighted by Crippen LogP contribution is -2.04. The van der Waals surface area contributed by atoms with E-state index in [1.165, 1.54) is 29.2 Å². The fourth-order valence-electron chi connectivity index (χ4n) is 2.42. The summed E-state index contributed by atoms with van der Waals surface area (Å²) in [5.74, 6) is 3.06. The van der Waals surface area contributed by atoms with Crippen LogP contribution in [0.1, 0.15) is 12.8 Å². The highest BCUT2D eigenvalue weighted by molar-refractivity contribution is 7.97. The van der Waals surface area contributed by atoms with E-state index in [1.54, 1.807) is 24.3 Å². The van der Waals surface area contributed by atoms with Gasteiger partial charge in [0.25, 0.3) is 0 Å². The first-order valence-electron chi connectivity index (χ1n) is 5.88. The second-order valence-corrected chi connectivity index (χ2v) is 6.66. The highest BCUT2D eigenvalue weighted by atomic mass is 32.2. The van der Waals surface area contributed by atoms with Crippen molar-refractivity contribution in [1.82, 2.24) is 0 Å². The van der Waals surface area contributed by atoms with Gasteiger partial charge in [-0.15, -0.1) is 0 Å². The molecule has 17 heavy (non-hydrogen) atoms. The van der Waals surface area contributed by atoms with Crippen LogP contribution in [0.5, 0.6) is 11.5 Å². The van der Waals surface area contributed by atoms with Gasteiger partial charge in [0.1, 0.15) is 23.0 Å². The Kier molecular flexibility index (Phi) is 2.63. The van der Waals surface area contributed by atoms with Gasteiger partial charge in [-0.2, -0.15) is 0 Å². The zero-order valence-electron chi connectivity index (χ0n) is 9.52. The third-order valence-electron chi connectivity index (χ3n) is 3.28. The van der Waals surface area contributed by atoms with Gasteiger partial charge >= 0.3 is 0 Å². The maximum atomic E-state index is 9.85. The molecule has 1 aliphatic rings. The Morgan fingerprint density at radius 1 is 0.882 bits per heavy atom. The first kappa shape index (κ1) is 10.8. The smallest absolute Gasteiger partial charge is 0.163 e. The van der Waals surface area contributed by atoms with Crippen molar-refractivity contribution in [2.45, 2.75) is 17.7 Å². The topological polar surface area (TPSA) is 40.5 Å². The van der Waals surface area contributed by atoms with Crippen LogP contribution in [0.15, 0.2) is 35.2 Å². The molecule has 2 N–H and O–H groups in total. The zero-order chi connectivity index (χ0) is 11.8. The highest BCUT2D eigenvalue weighted by Crippen LogP contribution is 2.35. The maximum Gasteiger partial charge on any atom is 0.163 e. The van der Waals surface area contributed by atoms with Gasteiger partial charge in [0.05, 0.1) is 0 Å². The Morgan fingerprint density at radius 3 is 2.41 bits per heavy atom. The molecule has 3 rings (SSSR count). The normalized spacial score (nSPS) is 16.7. The van der Waals surface area contributed by atoms with E-state index in [0.717, 1.165) is 10.8 Å². The van der Waals surface area contributed by atoms with Gasteiger partial charge in [-0.1, -0.05) is 0 Å². The van der Waals surface area contributed by atoms with Crippen molar-refractivity contribution in [3.05, 3.63) is 30.3 Å². The number of phenols is 2. The summed E-state index contributed by atoms with van der Waals surface area (Å²) < 4.78 is 0. The number of benzene rings is 2. The molecule has 2 nitrogen and oxygen atoms in total. The van der Waals surface area contributed by atoms with Gasteiger partial charge in [0, 0.05) is 21.7 Å². The summed E-state index contributed by atoms with van der Waals surface area (Å²) in [6, 6.07) is 8.99. The summed E-state index contributed by atoms with van der Waals surface area (Å²) in [6.45, 7) is 0. The lowest BCUT2D eigenvalue weighted by atomic mass is 10.1. The Bertz CT molecular complexity index is 559. The third-order valence-corrected chi connectivity index (χ3v) is 5.82. The molecule has 0 spiro atoms. The lowest BCUT2D eigenvalue weighted by Gasteiger charge is -2.07. The molecule has 3 heteroatoms. The fourth-order valence-corrected chi connectivity index (χ4v) is 4.91. The van der Waals surface area contributed by atoms with E-state index in [9.17, 15) is 10.2 Å². The van der Waals surface area contributed by atoms with Crippen LogP contribution in [0.4, 0.5) is 0 Å². The summed E-state index contributed by atoms with van der Waals surface area (Å²) in [4.78, 5) is 1.30. The number of aromatic hydroxyl groups is 2. The van der Waals surface area contributed by atoms with E-state index >= 15 is 0 Å². The molecule has 1 fully saturated rings. The van der Waals surface area contributed by atoms with E-state index in [4.69, 9.17) is 0 Å². The number of rotatable bonds is 1. The zero-order valence-corrected chi connectivity index (χ0v) is 10.3. The second kappa shape index (κ2) is 4.15. The first-order valence-corrected chi connectivity index (χ1v) is 7.44. The number of hydrogen-bond acceptors (Lipinski definition) is 2. The number of fused-ring (bicyclic) bond motifs is 1.